The van der Waals surface area contributed by atoms with Crippen LogP contribution in [0.4, 0.5) is 0 Å². The third-order valence-electron chi connectivity index (χ3n) is 4.11. The molecule has 0 aromatic heterocycles. The van der Waals surface area contributed by atoms with Gasteiger partial charge < -0.3 is 10.6 Å². The van der Waals surface area contributed by atoms with E-state index in [1.54, 1.807) is 21.6 Å². The molecule has 0 radical (unpaired) electrons. The van der Waals surface area contributed by atoms with Gasteiger partial charge in [0.15, 0.2) is 0 Å². The van der Waals surface area contributed by atoms with Crippen molar-refractivity contribution in [3.63, 3.8) is 0 Å². The summed E-state index contributed by atoms with van der Waals surface area (Å²) in [5.74, 6) is 1.92. The maximum Gasteiger partial charge on any atom is 0.220 e. The van der Waals surface area contributed by atoms with Gasteiger partial charge in [-0.2, -0.15) is 0 Å². The Bertz CT molecular complexity index is 310. The number of unbranched alkanes of at least 4 members (excludes halogenated alkanes) is 8. The highest BCUT2D eigenvalue weighted by Gasteiger charge is 2.03. The average Bonchev–Trinajstić information content (AvgIpc) is 2.63. The minimum atomic E-state index is 0.148. The lowest BCUT2D eigenvalue weighted by atomic mass is 10.1. The van der Waals surface area contributed by atoms with E-state index in [1.807, 2.05) is 0 Å². The number of rotatable bonds is 19. The van der Waals surface area contributed by atoms with Gasteiger partial charge in [0.1, 0.15) is 0 Å². The van der Waals surface area contributed by atoms with Gasteiger partial charge in [-0.3, -0.25) is 9.59 Å². The first-order valence-corrected chi connectivity index (χ1v) is 13.0. The zero-order valence-electron chi connectivity index (χ0n) is 16.9. The summed E-state index contributed by atoms with van der Waals surface area (Å²) in [6, 6.07) is 0. The fraction of sp³-hybridized carbons (Fsp3) is 0.900. The molecule has 0 aromatic rings. The highest BCUT2D eigenvalue weighted by atomic mass is 33.1. The maximum absolute atomic E-state index is 11.7. The minimum Gasteiger partial charge on any atom is -0.356 e. The largest absolute Gasteiger partial charge is 0.356 e. The lowest BCUT2D eigenvalue weighted by molar-refractivity contribution is -0.121. The standard InChI is InChI=1S/C20H40N2O2S2/c1-3-5-7-9-11-15-21-19(23)13-17-25-26-18-14-20(24)22-16-12-10-8-6-4-2/h3-18H2,1-2H3,(H,21,23)(H,22,24). The minimum absolute atomic E-state index is 0.148. The molecule has 0 spiro atoms. The van der Waals surface area contributed by atoms with Crippen LogP contribution in [0.25, 0.3) is 0 Å². The molecule has 0 aliphatic carbocycles. The maximum atomic E-state index is 11.7. The predicted octanol–water partition coefficient (Wildman–Crippen LogP) is 5.32. The van der Waals surface area contributed by atoms with Crippen molar-refractivity contribution in [3.05, 3.63) is 0 Å². The molecule has 0 aromatic carbocycles. The van der Waals surface area contributed by atoms with Crippen LogP contribution in [0.5, 0.6) is 0 Å². The molecule has 0 bridgehead atoms. The summed E-state index contributed by atoms with van der Waals surface area (Å²) in [6.45, 7) is 6.02. The Morgan fingerprint density at radius 1 is 0.615 bits per heavy atom. The van der Waals surface area contributed by atoms with Crippen LogP contribution in [0, 0.1) is 0 Å². The van der Waals surface area contributed by atoms with Gasteiger partial charge >= 0.3 is 0 Å². The van der Waals surface area contributed by atoms with E-state index in [1.165, 1.54) is 51.4 Å². The Balaban J connectivity index is 3.28. The number of carbonyl (C=O) groups is 2. The summed E-state index contributed by atoms with van der Waals surface area (Å²) < 4.78 is 0. The van der Waals surface area contributed by atoms with E-state index >= 15 is 0 Å². The number of nitrogens with one attached hydrogen (secondary N) is 2. The van der Waals surface area contributed by atoms with Gasteiger partial charge in [0.2, 0.25) is 11.8 Å². The summed E-state index contributed by atoms with van der Waals surface area (Å²) in [7, 11) is 3.37. The quantitative estimate of drug-likeness (QED) is 0.226. The summed E-state index contributed by atoms with van der Waals surface area (Å²) in [6.07, 6.45) is 13.3. The zero-order valence-corrected chi connectivity index (χ0v) is 18.6. The van der Waals surface area contributed by atoms with Gasteiger partial charge in [0.05, 0.1) is 0 Å². The molecule has 0 atom stereocenters. The van der Waals surface area contributed by atoms with Gasteiger partial charge in [-0.05, 0) is 12.8 Å². The highest BCUT2D eigenvalue weighted by Crippen LogP contribution is 2.22. The third-order valence-corrected chi connectivity index (χ3v) is 6.52. The lowest BCUT2D eigenvalue weighted by Crippen LogP contribution is -2.24. The molecule has 0 rings (SSSR count). The molecule has 2 N–H and O–H groups in total. The van der Waals surface area contributed by atoms with Crippen molar-refractivity contribution in [2.75, 3.05) is 24.6 Å². The van der Waals surface area contributed by atoms with Crippen molar-refractivity contribution in [2.24, 2.45) is 0 Å². The Labute approximate surface area is 169 Å². The molecule has 26 heavy (non-hydrogen) atoms. The smallest absolute Gasteiger partial charge is 0.220 e. The van der Waals surface area contributed by atoms with Gasteiger partial charge in [-0.1, -0.05) is 86.8 Å². The van der Waals surface area contributed by atoms with Crippen molar-refractivity contribution in [3.8, 4) is 0 Å². The molecule has 0 heterocycles. The SMILES string of the molecule is CCCCCCCNC(=O)CCSSCCC(=O)NCCCCCCC. The second kappa shape index (κ2) is 20.9. The fourth-order valence-electron chi connectivity index (χ4n) is 2.48. The van der Waals surface area contributed by atoms with E-state index in [0.717, 1.165) is 37.4 Å². The summed E-state index contributed by atoms with van der Waals surface area (Å²) in [5.41, 5.74) is 0. The van der Waals surface area contributed by atoms with Crippen LogP contribution in [0.2, 0.25) is 0 Å². The molecule has 0 aliphatic heterocycles. The van der Waals surface area contributed by atoms with Crippen LogP contribution in [0.1, 0.15) is 90.9 Å². The second-order valence-corrected chi connectivity index (χ2v) is 9.37. The van der Waals surface area contributed by atoms with Crippen molar-refractivity contribution in [1.29, 1.82) is 0 Å². The van der Waals surface area contributed by atoms with Crippen LogP contribution in [0.3, 0.4) is 0 Å². The normalized spacial score (nSPS) is 10.7. The van der Waals surface area contributed by atoms with E-state index in [9.17, 15) is 9.59 Å². The second-order valence-electron chi connectivity index (χ2n) is 6.67. The van der Waals surface area contributed by atoms with Gasteiger partial charge in [-0.25, -0.2) is 0 Å². The molecule has 0 fully saturated rings. The van der Waals surface area contributed by atoms with E-state index in [-0.39, 0.29) is 11.8 Å². The Morgan fingerprint density at radius 2 is 1.00 bits per heavy atom. The van der Waals surface area contributed by atoms with Gasteiger partial charge in [-0.15, -0.1) is 0 Å². The average molecular weight is 405 g/mol. The molecule has 154 valence electrons. The molecule has 2 amide bonds. The number of carbonyl (C=O) groups excluding carboxylic acids is 2. The number of hydrogen-bond acceptors (Lipinski definition) is 4. The first-order chi connectivity index (χ1) is 12.7. The molecule has 0 saturated carbocycles. The number of amides is 2. The van der Waals surface area contributed by atoms with E-state index in [0.29, 0.717) is 12.8 Å². The predicted molar refractivity (Wildman–Crippen MR) is 118 cm³/mol. The molecule has 0 saturated heterocycles. The lowest BCUT2D eigenvalue weighted by Gasteiger charge is -2.06. The Morgan fingerprint density at radius 3 is 1.38 bits per heavy atom. The molecular formula is C20H40N2O2S2. The summed E-state index contributed by atoms with van der Waals surface area (Å²) in [5, 5.41) is 5.97. The topological polar surface area (TPSA) is 58.2 Å². The van der Waals surface area contributed by atoms with Crippen molar-refractivity contribution >= 4 is 33.4 Å². The van der Waals surface area contributed by atoms with Gasteiger partial charge in [0, 0.05) is 37.4 Å². The van der Waals surface area contributed by atoms with Crippen LogP contribution in [-0.2, 0) is 9.59 Å². The highest BCUT2D eigenvalue weighted by molar-refractivity contribution is 8.76. The van der Waals surface area contributed by atoms with E-state index < -0.39 is 0 Å². The molecular weight excluding hydrogens is 364 g/mol. The Hall–Kier alpha value is -0.360. The first-order valence-electron chi connectivity index (χ1n) is 10.5. The fourth-order valence-corrected chi connectivity index (χ4v) is 4.46. The molecule has 0 unspecified atom stereocenters. The summed E-state index contributed by atoms with van der Waals surface area (Å²) >= 11 is 0. The van der Waals surface area contributed by atoms with Crippen LogP contribution in [0.15, 0.2) is 0 Å². The zero-order chi connectivity index (χ0) is 19.3. The third kappa shape index (κ3) is 20.0. The van der Waals surface area contributed by atoms with Crippen molar-refractivity contribution in [2.45, 2.75) is 90.9 Å². The van der Waals surface area contributed by atoms with Gasteiger partial charge in [0.25, 0.3) is 0 Å². The molecule has 6 heteroatoms. The summed E-state index contributed by atoms with van der Waals surface area (Å²) in [4.78, 5) is 23.4. The number of hydrogen-bond donors (Lipinski definition) is 2. The Kier molecular flexibility index (Phi) is 20.7. The monoisotopic (exact) mass is 404 g/mol. The van der Waals surface area contributed by atoms with Crippen molar-refractivity contribution in [1.82, 2.24) is 10.6 Å². The van der Waals surface area contributed by atoms with Crippen molar-refractivity contribution < 1.29 is 9.59 Å². The van der Waals surface area contributed by atoms with Crippen LogP contribution >= 0.6 is 21.6 Å². The molecule has 4 nitrogen and oxygen atoms in total. The van der Waals surface area contributed by atoms with Crippen LogP contribution in [-0.4, -0.2) is 36.4 Å². The van der Waals surface area contributed by atoms with E-state index in [2.05, 4.69) is 24.5 Å². The molecule has 0 aliphatic rings. The van der Waals surface area contributed by atoms with Crippen LogP contribution < -0.4 is 10.6 Å². The van der Waals surface area contributed by atoms with E-state index in [4.69, 9.17) is 0 Å². The first kappa shape index (κ1) is 25.6.